The zero-order chi connectivity index (χ0) is 15.1. The fourth-order valence-electron chi connectivity index (χ4n) is 2.71. The second-order valence-electron chi connectivity index (χ2n) is 5.50. The summed E-state index contributed by atoms with van der Waals surface area (Å²) in [5.41, 5.74) is 4.93. The summed E-state index contributed by atoms with van der Waals surface area (Å²) >= 11 is 4.64. The Balaban J connectivity index is 1.60. The Morgan fingerprint density at radius 2 is 1.95 bits per heavy atom. The maximum Gasteiger partial charge on any atom is 0.279 e. The van der Waals surface area contributed by atoms with Crippen LogP contribution in [0.2, 0.25) is 0 Å². The maximum absolute atomic E-state index is 11.7. The zero-order valence-corrected chi connectivity index (χ0v) is 14.4. The van der Waals surface area contributed by atoms with Crippen molar-refractivity contribution >= 4 is 39.1 Å². The van der Waals surface area contributed by atoms with Gasteiger partial charge in [0.15, 0.2) is 0 Å². The molecule has 2 rings (SSSR count). The quantitative estimate of drug-likeness (QED) is 0.766. The molecule has 1 saturated carbocycles. The van der Waals surface area contributed by atoms with E-state index in [4.69, 9.17) is 0 Å². The minimum Gasteiger partial charge on any atom is -0.273 e. The van der Waals surface area contributed by atoms with Gasteiger partial charge in [0.05, 0.1) is 8.66 Å². The fourth-order valence-corrected chi connectivity index (χ4v) is 4.00. The van der Waals surface area contributed by atoms with E-state index in [2.05, 4.69) is 26.8 Å². The van der Waals surface area contributed by atoms with Gasteiger partial charge in [-0.05, 0) is 46.8 Å². The van der Waals surface area contributed by atoms with Crippen molar-refractivity contribution < 1.29 is 9.59 Å². The number of carbonyl (C=O) groups is 2. The van der Waals surface area contributed by atoms with Crippen molar-refractivity contribution in [1.82, 2.24) is 10.9 Å². The van der Waals surface area contributed by atoms with Gasteiger partial charge in [-0.15, -0.1) is 11.3 Å². The van der Waals surface area contributed by atoms with Crippen LogP contribution in [0.5, 0.6) is 0 Å². The monoisotopic (exact) mass is 372 g/mol. The van der Waals surface area contributed by atoms with Gasteiger partial charge >= 0.3 is 0 Å². The highest BCUT2D eigenvalue weighted by Crippen LogP contribution is 2.27. The second-order valence-corrected chi connectivity index (χ2v) is 7.97. The van der Waals surface area contributed by atoms with Crippen LogP contribution in [-0.4, -0.2) is 11.8 Å². The number of thiophene rings is 1. The Hall–Kier alpha value is -0.880. The molecule has 0 bridgehead atoms. The molecular weight excluding hydrogens is 352 g/mol. The molecule has 2 N–H and O–H groups in total. The van der Waals surface area contributed by atoms with Gasteiger partial charge in [0.2, 0.25) is 5.91 Å². The average molecular weight is 373 g/mol. The smallest absolute Gasteiger partial charge is 0.273 e. The van der Waals surface area contributed by atoms with Gasteiger partial charge in [0.1, 0.15) is 0 Å². The van der Waals surface area contributed by atoms with Crippen LogP contribution in [0.15, 0.2) is 15.9 Å². The Morgan fingerprint density at radius 3 is 2.62 bits per heavy atom. The topological polar surface area (TPSA) is 58.2 Å². The van der Waals surface area contributed by atoms with E-state index in [1.165, 1.54) is 43.4 Å². The van der Waals surface area contributed by atoms with E-state index < -0.39 is 0 Å². The lowest BCUT2D eigenvalue weighted by molar-refractivity contribution is -0.122. The lowest BCUT2D eigenvalue weighted by Gasteiger charge is -2.21. The fraction of sp³-hybridized carbons (Fsp3) is 0.600. The second kappa shape index (κ2) is 8.54. The molecule has 1 heterocycles. The number of hydrogen-bond donors (Lipinski definition) is 2. The first-order valence-electron chi connectivity index (χ1n) is 7.49. The van der Waals surface area contributed by atoms with Gasteiger partial charge in [0.25, 0.3) is 5.91 Å². The van der Waals surface area contributed by atoms with Gasteiger partial charge in [-0.3, -0.25) is 20.4 Å². The summed E-state index contributed by atoms with van der Waals surface area (Å²) in [6.07, 6.45) is 9.16. The molecule has 1 aliphatic carbocycles. The molecule has 0 unspecified atom stereocenters. The molecule has 1 aromatic rings. The third-order valence-corrected chi connectivity index (χ3v) is 5.48. The van der Waals surface area contributed by atoms with Crippen molar-refractivity contribution in [3.05, 3.63) is 20.8 Å². The van der Waals surface area contributed by atoms with Crippen molar-refractivity contribution in [2.45, 2.75) is 51.4 Å². The molecule has 6 heteroatoms. The number of rotatable bonds is 5. The first kappa shape index (κ1) is 16.5. The summed E-state index contributed by atoms with van der Waals surface area (Å²) < 4.78 is 0.895. The standard InChI is InChI=1S/C15H21BrN2O2S/c16-13-10-9-12(21-13)15(20)18-17-14(19)8-4-7-11-5-2-1-3-6-11/h9-11H,1-8H2,(H,17,19)(H,18,20). The summed E-state index contributed by atoms with van der Waals surface area (Å²) in [6, 6.07) is 3.53. The van der Waals surface area contributed by atoms with Crippen LogP contribution in [-0.2, 0) is 4.79 Å². The first-order chi connectivity index (χ1) is 10.1. The van der Waals surface area contributed by atoms with E-state index in [0.29, 0.717) is 11.3 Å². The number of hydrazine groups is 1. The molecule has 21 heavy (non-hydrogen) atoms. The Bertz CT molecular complexity index is 484. The first-order valence-corrected chi connectivity index (χ1v) is 9.10. The lowest BCUT2D eigenvalue weighted by atomic mass is 9.86. The van der Waals surface area contributed by atoms with E-state index in [-0.39, 0.29) is 11.8 Å². The van der Waals surface area contributed by atoms with Crippen LogP contribution in [0, 0.1) is 5.92 Å². The van der Waals surface area contributed by atoms with Crippen molar-refractivity contribution in [1.29, 1.82) is 0 Å². The van der Waals surface area contributed by atoms with Gasteiger partial charge in [-0.25, -0.2) is 0 Å². The minimum absolute atomic E-state index is 0.116. The van der Waals surface area contributed by atoms with Gasteiger partial charge in [0, 0.05) is 6.42 Å². The van der Waals surface area contributed by atoms with Crippen molar-refractivity contribution in [3.8, 4) is 0 Å². The summed E-state index contributed by atoms with van der Waals surface area (Å²) in [6.45, 7) is 0. The number of hydrogen-bond acceptors (Lipinski definition) is 3. The SMILES string of the molecule is O=C(CCCC1CCCCC1)NNC(=O)c1ccc(Br)s1. The molecule has 2 amide bonds. The van der Waals surface area contributed by atoms with Crippen LogP contribution in [0.3, 0.4) is 0 Å². The van der Waals surface area contributed by atoms with Gasteiger partial charge < -0.3 is 0 Å². The van der Waals surface area contributed by atoms with Gasteiger partial charge in [-0.2, -0.15) is 0 Å². The van der Waals surface area contributed by atoms with E-state index in [0.717, 1.165) is 22.5 Å². The van der Waals surface area contributed by atoms with Crippen LogP contribution >= 0.6 is 27.3 Å². The van der Waals surface area contributed by atoms with E-state index >= 15 is 0 Å². The largest absolute Gasteiger partial charge is 0.279 e. The number of carbonyl (C=O) groups excluding carboxylic acids is 2. The molecule has 1 aromatic heterocycles. The van der Waals surface area contributed by atoms with Crippen molar-refractivity contribution in [3.63, 3.8) is 0 Å². The number of halogens is 1. The molecule has 0 saturated heterocycles. The molecular formula is C15H21BrN2O2S. The maximum atomic E-state index is 11.7. The van der Waals surface area contributed by atoms with E-state index in [1.54, 1.807) is 6.07 Å². The van der Waals surface area contributed by atoms with Crippen LogP contribution in [0.1, 0.15) is 61.0 Å². The normalized spacial score (nSPS) is 15.7. The van der Waals surface area contributed by atoms with Crippen LogP contribution < -0.4 is 10.9 Å². The van der Waals surface area contributed by atoms with Crippen LogP contribution in [0.25, 0.3) is 0 Å². The molecule has 0 atom stereocenters. The minimum atomic E-state index is -0.272. The summed E-state index contributed by atoms with van der Waals surface area (Å²) in [4.78, 5) is 24.0. The van der Waals surface area contributed by atoms with E-state index in [9.17, 15) is 9.59 Å². The Morgan fingerprint density at radius 1 is 1.19 bits per heavy atom. The van der Waals surface area contributed by atoms with Gasteiger partial charge in [-0.1, -0.05) is 32.1 Å². The van der Waals surface area contributed by atoms with Crippen LogP contribution in [0.4, 0.5) is 0 Å². The zero-order valence-electron chi connectivity index (χ0n) is 12.0. The highest BCUT2D eigenvalue weighted by Gasteiger charge is 2.14. The molecule has 0 aromatic carbocycles. The molecule has 1 fully saturated rings. The highest BCUT2D eigenvalue weighted by atomic mass is 79.9. The average Bonchev–Trinajstić information content (AvgIpc) is 2.92. The molecule has 116 valence electrons. The molecule has 0 aliphatic heterocycles. The Labute approximate surface area is 137 Å². The third kappa shape index (κ3) is 5.79. The molecule has 1 aliphatic rings. The Kier molecular flexibility index (Phi) is 6.70. The van der Waals surface area contributed by atoms with Crippen molar-refractivity contribution in [2.24, 2.45) is 5.92 Å². The predicted octanol–water partition coefficient (Wildman–Crippen LogP) is 4.02. The van der Waals surface area contributed by atoms with Crippen molar-refractivity contribution in [2.75, 3.05) is 0 Å². The molecule has 0 radical (unpaired) electrons. The predicted molar refractivity (Wildman–Crippen MR) is 88.1 cm³/mol. The third-order valence-electron chi connectivity index (χ3n) is 3.85. The summed E-state index contributed by atoms with van der Waals surface area (Å²) in [5, 5.41) is 0. The summed E-state index contributed by atoms with van der Waals surface area (Å²) in [5.74, 6) is 0.408. The highest BCUT2D eigenvalue weighted by molar-refractivity contribution is 9.11. The molecule has 4 nitrogen and oxygen atoms in total. The summed E-state index contributed by atoms with van der Waals surface area (Å²) in [7, 11) is 0. The number of amides is 2. The number of nitrogens with one attached hydrogen (secondary N) is 2. The lowest BCUT2D eigenvalue weighted by Crippen LogP contribution is -2.41. The molecule has 0 spiro atoms. The van der Waals surface area contributed by atoms with E-state index in [1.807, 2.05) is 6.07 Å².